The topological polar surface area (TPSA) is 87.1 Å². The number of hydrogen-bond donors (Lipinski definition) is 2. The van der Waals surface area contributed by atoms with Gasteiger partial charge in [0.15, 0.2) is 0 Å². The number of likely N-dealkylation sites (N-methyl/N-ethyl adjacent to an activating group) is 1. The van der Waals surface area contributed by atoms with Gasteiger partial charge in [-0.2, -0.15) is 5.26 Å². The van der Waals surface area contributed by atoms with Gasteiger partial charge in [-0.05, 0) is 50.3 Å². The Kier molecular flexibility index (Phi) is 6.24. The summed E-state index contributed by atoms with van der Waals surface area (Å²) in [4.78, 5) is 19.8. The van der Waals surface area contributed by atoms with Crippen LogP contribution in [0.4, 0.5) is 11.6 Å². The van der Waals surface area contributed by atoms with E-state index in [-0.39, 0.29) is 0 Å². The molecule has 5 heterocycles. The number of hydrogen-bond acceptors (Lipinski definition) is 7. The van der Waals surface area contributed by atoms with Gasteiger partial charge in [0.1, 0.15) is 17.7 Å². The highest BCUT2D eigenvalue weighted by atomic mass is 15.2. The summed E-state index contributed by atoms with van der Waals surface area (Å²) in [5, 5.41) is 13.0. The van der Waals surface area contributed by atoms with Gasteiger partial charge in [-0.15, -0.1) is 0 Å². The van der Waals surface area contributed by atoms with Crippen molar-refractivity contribution in [2.45, 2.75) is 6.42 Å². The fraction of sp³-hybridized carbons (Fsp3) is 0.400. The molecule has 0 atom stereocenters. The summed E-state index contributed by atoms with van der Waals surface area (Å²) in [5.74, 6) is 1.93. The Morgan fingerprint density at radius 1 is 0.909 bits per heavy atom. The number of nitriles is 1. The van der Waals surface area contributed by atoms with E-state index in [2.05, 4.69) is 61.3 Å². The maximum absolute atomic E-state index is 9.67. The molecule has 0 amide bonds. The normalized spacial score (nSPS) is 17.6. The van der Waals surface area contributed by atoms with Crippen LogP contribution in [0.5, 0.6) is 0 Å². The highest BCUT2D eigenvalue weighted by Gasteiger charge is 2.18. The molecule has 0 bridgehead atoms. The predicted molar refractivity (Wildman–Crippen MR) is 131 cm³/mol. The van der Waals surface area contributed by atoms with Crippen molar-refractivity contribution in [1.82, 2.24) is 25.2 Å². The van der Waals surface area contributed by atoms with Gasteiger partial charge in [-0.25, -0.2) is 4.98 Å². The molecule has 0 radical (unpaired) electrons. The van der Waals surface area contributed by atoms with Crippen LogP contribution < -0.4 is 15.1 Å². The second-order valence-electron chi connectivity index (χ2n) is 8.77. The van der Waals surface area contributed by atoms with Crippen molar-refractivity contribution in [2.75, 3.05) is 69.2 Å². The second-order valence-corrected chi connectivity index (χ2v) is 8.77. The molecule has 2 aliphatic rings. The quantitative estimate of drug-likeness (QED) is 0.642. The smallest absolute Gasteiger partial charge is 0.128 e. The molecule has 2 aliphatic heterocycles. The minimum Gasteiger partial charge on any atom is -0.355 e. The minimum absolute atomic E-state index is 0.680. The number of aromatic nitrogens is 3. The number of rotatable bonds is 4. The monoisotopic (exact) mass is 442 g/mol. The second kappa shape index (κ2) is 9.61. The maximum Gasteiger partial charge on any atom is 0.128 e. The fourth-order valence-corrected chi connectivity index (χ4v) is 4.58. The summed E-state index contributed by atoms with van der Waals surface area (Å²) in [6.07, 6.45) is 4.89. The number of aromatic amines is 1. The van der Waals surface area contributed by atoms with E-state index in [0.717, 1.165) is 92.9 Å². The van der Waals surface area contributed by atoms with E-state index in [1.165, 1.54) is 0 Å². The van der Waals surface area contributed by atoms with E-state index in [4.69, 9.17) is 4.98 Å². The van der Waals surface area contributed by atoms with Gasteiger partial charge in [0.25, 0.3) is 0 Å². The third-order valence-corrected chi connectivity index (χ3v) is 6.51. The third kappa shape index (κ3) is 4.70. The molecule has 0 aliphatic carbocycles. The van der Waals surface area contributed by atoms with Crippen molar-refractivity contribution < 1.29 is 0 Å². The van der Waals surface area contributed by atoms with Crippen LogP contribution in [0.15, 0.2) is 42.7 Å². The molecule has 0 spiro atoms. The Morgan fingerprint density at radius 2 is 1.79 bits per heavy atom. The Balaban J connectivity index is 1.37. The number of pyridine rings is 2. The molecule has 8 nitrogen and oxygen atoms in total. The molecule has 0 saturated carbocycles. The fourth-order valence-electron chi connectivity index (χ4n) is 4.58. The molecule has 5 rings (SSSR count). The minimum atomic E-state index is 0.680. The summed E-state index contributed by atoms with van der Waals surface area (Å²) < 4.78 is 0. The molecule has 170 valence electrons. The Labute approximate surface area is 194 Å². The van der Waals surface area contributed by atoms with E-state index in [1.54, 1.807) is 0 Å². The molecule has 0 unspecified atom stereocenters. The lowest BCUT2D eigenvalue weighted by Gasteiger charge is -2.28. The zero-order valence-corrected chi connectivity index (χ0v) is 19.1. The number of H-pyrrole nitrogens is 1. The largest absolute Gasteiger partial charge is 0.355 e. The molecule has 8 heteroatoms. The molecular weight excluding hydrogens is 412 g/mol. The van der Waals surface area contributed by atoms with Crippen LogP contribution in [0.25, 0.3) is 22.5 Å². The van der Waals surface area contributed by atoms with Crippen LogP contribution >= 0.6 is 0 Å². The van der Waals surface area contributed by atoms with Gasteiger partial charge in [0, 0.05) is 75.0 Å². The number of anilines is 2. The van der Waals surface area contributed by atoms with Gasteiger partial charge in [-0.3, -0.25) is 4.98 Å². The summed E-state index contributed by atoms with van der Waals surface area (Å²) >= 11 is 0. The number of nitrogens with one attached hydrogen (secondary N) is 2. The first kappa shape index (κ1) is 21.4. The molecule has 3 aromatic heterocycles. The lowest BCUT2D eigenvalue weighted by Crippen LogP contribution is -2.44. The summed E-state index contributed by atoms with van der Waals surface area (Å²) in [5.41, 5.74) is 4.49. The molecule has 33 heavy (non-hydrogen) atoms. The molecule has 2 saturated heterocycles. The first-order valence-electron chi connectivity index (χ1n) is 11.7. The average Bonchev–Trinajstić information content (AvgIpc) is 3.20. The summed E-state index contributed by atoms with van der Waals surface area (Å²) in [6, 6.07) is 12.5. The van der Waals surface area contributed by atoms with Crippen molar-refractivity contribution in [2.24, 2.45) is 0 Å². The highest BCUT2D eigenvalue weighted by molar-refractivity contribution is 5.73. The van der Waals surface area contributed by atoms with E-state index < -0.39 is 0 Å². The van der Waals surface area contributed by atoms with Crippen LogP contribution in [-0.4, -0.2) is 79.3 Å². The van der Waals surface area contributed by atoms with Crippen molar-refractivity contribution in [3.63, 3.8) is 0 Å². The van der Waals surface area contributed by atoms with Gasteiger partial charge < -0.3 is 25.0 Å². The molecule has 0 aromatic carbocycles. The number of nitrogens with zero attached hydrogens (tertiary/aromatic N) is 6. The lowest BCUT2D eigenvalue weighted by molar-refractivity contribution is 0.360. The molecule has 2 N–H and O–H groups in total. The van der Waals surface area contributed by atoms with E-state index in [1.807, 2.05) is 24.5 Å². The standard InChI is InChI=1S/C25H30N8/c1-31-9-2-10-32(14-13-31)24-4-3-20(18-29-24)22-15-19(5-6-28-22)23-16-21(17-26)25(30-23)33-11-7-27-8-12-33/h3-6,15-16,18,27,30H,2,7-14H2,1H3. The first-order chi connectivity index (χ1) is 16.2. The Morgan fingerprint density at radius 3 is 2.58 bits per heavy atom. The molecule has 2 fully saturated rings. The van der Waals surface area contributed by atoms with Crippen LogP contribution in [0.2, 0.25) is 0 Å². The van der Waals surface area contributed by atoms with Crippen molar-refractivity contribution in [1.29, 1.82) is 5.26 Å². The van der Waals surface area contributed by atoms with Crippen molar-refractivity contribution in [3.8, 4) is 28.6 Å². The van der Waals surface area contributed by atoms with E-state index >= 15 is 0 Å². The zero-order valence-electron chi connectivity index (χ0n) is 19.1. The summed E-state index contributed by atoms with van der Waals surface area (Å²) in [6.45, 7) is 7.86. The molecule has 3 aromatic rings. The van der Waals surface area contributed by atoms with Gasteiger partial charge >= 0.3 is 0 Å². The van der Waals surface area contributed by atoms with Crippen LogP contribution in [0.1, 0.15) is 12.0 Å². The van der Waals surface area contributed by atoms with Gasteiger partial charge in [0.2, 0.25) is 0 Å². The van der Waals surface area contributed by atoms with Crippen LogP contribution in [0, 0.1) is 11.3 Å². The van der Waals surface area contributed by atoms with Crippen LogP contribution in [-0.2, 0) is 0 Å². The van der Waals surface area contributed by atoms with Crippen LogP contribution in [0.3, 0.4) is 0 Å². The van der Waals surface area contributed by atoms with E-state index in [0.29, 0.717) is 5.56 Å². The first-order valence-corrected chi connectivity index (χ1v) is 11.7. The van der Waals surface area contributed by atoms with E-state index in [9.17, 15) is 5.26 Å². The SMILES string of the molecule is CN1CCCN(c2ccc(-c3cc(-c4cc(C#N)c(N5CCNCC5)[nH]4)ccn3)cn2)CC1. The highest BCUT2D eigenvalue weighted by Crippen LogP contribution is 2.29. The van der Waals surface area contributed by atoms with Crippen molar-refractivity contribution >= 4 is 11.6 Å². The zero-order chi connectivity index (χ0) is 22.6. The number of piperazine rings is 1. The Hall–Kier alpha value is -3.41. The predicted octanol–water partition coefficient (Wildman–Crippen LogP) is 2.56. The van der Waals surface area contributed by atoms with Gasteiger partial charge in [-0.1, -0.05) is 0 Å². The lowest BCUT2D eigenvalue weighted by atomic mass is 10.1. The van der Waals surface area contributed by atoms with Crippen molar-refractivity contribution in [3.05, 3.63) is 48.3 Å². The third-order valence-electron chi connectivity index (χ3n) is 6.51. The average molecular weight is 443 g/mol. The molecular formula is C25H30N8. The van der Waals surface area contributed by atoms with Gasteiger partial charge in [0.05, 0.1) is 11.3 Å². The summed E-state index contributed by atoms with van der Waals surface area (Å²) in [7, 11) is 2.18. The Bertz CT molecular complexity index is 1120. The maximum atomic E-state index is 9.67.